The van der Waals surface area contributed by atoms with Gasteiger partial charge in [-0.25, -0.2) is 0 Å². The van der Waals surface area contributed by atoms with Gasteiger partial charge in [0, 0.05) is 6.04 Å². The molecule has 3 nitrogen and oxygen atoms in total. The van der Waals surface area contributed by atoms with Crippen LogP contribution in [0.5, 0.6) is 0 Å². The fourth-order valence-corrected chi connectivity index (χ4v) is 2.75. The zero-order chi connectivity index (χ0) is 14.4. The molecule has 108 valence electrons. The smallest absolute Gasteiger partial charge is 0.187 e. The first-order valence-electron chi connectivity index (χ1n) is 7.31. The van der Waals surface area contributed by atoms with Crippen LogP contribution in [0.15, 0.2) is 29.4 Å². The Morgan fingerprint density at radius 3 is 2.65 bits per heavy atom. The molecule has 0 amide bonds. The molecule has 0 radical (unpaired) electrons. The monoisotopic (exact) mass is 289 g/mol. The van der Waals surface area contributed by atoms with Gasteiger partial charge in [0.15, 0.2) is 5.11 Å². The third-order valence-corrected chi connectivity index (χ3v) is 4.09. The Hall–Kier alpha value is -1.42. The zero-order valence-corrected chi connectivity index (χ0v) is 13.0. The third-order valence-electron chi connectivity index (χ3n) is 3.89. The SMILES string of the molecule is Cc1ccc(/C=N\NC(=S)N[C@H]2CCCC[C@@H]2C)cc1. The molecule has 4 heteroatoms. The lowest BCUT2D eigenvalue weighted by Crippen LogP contribution is -2.44. The topological polar surface area (TPSA) is 36.4 Å². The van der Waals surface area contributed by atoms with Gasteiger partial charge in [-0.05, 0) is 43.5 Å². The summed E-state index contributed by atoms with van der Waals surface area (Å²) in [7, 11) is 0. The summed E-state index contributed by atoms with van der Waals surface area (Å²) in [6, 6.07) is 8.71. The second-order valence-corrected chi connectivity index (χ2v) is 6.03. The lowest BCUT2D eigenvalue weighted by atomic mass is 9.86. The molecule has 20 heavy (non-hydrogen) atoms. The number of nitrogens with one attached hydrogen (secondary N) is 2. The van der Waals surface area contributed by atoms with Crippen LogP contribution in [0.3, 0.4) is 0 Å². The van der Waals surface area contributed by atoms with E-state index in [1.165, 1.54) is 31.2 Å². The molecule has 2 rings (SSSR count). The van der Waals surface area contributed by atoms with Gasteiger partial charge in [-0.1, -0.05) is 49.6 Å². The Morgan fingerprint density at radius 1 is 1.25 bits per heavy atom. The molecule has 1 saturated carbocycles. The van der Waals surface area contributed by atoms with Crippen LogP contribution in [0.1, 0.15) is 43.7 Å². The quantitative estimate of drug-likeness (QED) is 0.509. The van der Waals surface area contributed by atoms with E-state index in [-0.39, 0.29) is 0 Å². The maximum absolute atomic E-state index is 5.29. The van der Waals surface area contributed by atoms with Crippen LogP contribution in [-0.2, 0) is 0 Å². The molecule has 0 bridgehead atoms. The molecular formula is C16H23N3S. The number of thiocarbonyl (C=S) groups is 1. The first-order chi connectivity index (χ1) is 9.65. The van der Waals surface area contributed by atoms with E-state index in [0.717, 1.165) is 5.56 Å². The van der Waals surface area contributed by atoms with Crippen LogP contribution < -0.4 is 10.7 Å². The van der Waals surface area contributed by atoms with Crippen molar-refractivity contribution in [3.05, 3.63) is 35.4 Å². The van der Waals surface area contributed by atoms with E-state index >= 15 is 0 Å². The summed E-state index contributed by atoms with van der Waals surface area (Å²) in [6.07, 6.45) is 6.90. The zero-order valence-electron chi connectivity index (χ0n) is 12.2. The van der Waals surface area contributed by atoms with Crippen molar-refractivity contribution in [3.8, 4) is 0 Å². The Bertz CT molecular complexity index is 467. The Morgan fingerprint density at radius 2 is 1.95 bits per heavy atom. The lowest BCUT2D eigenvalue weighted by Gasteiger charge is -2.30. The minimum Gasteiger partial charge on any atom is -0.358 e. The fourth-order valence-electron chi connectivity index (χ4n) is 2.55. The minimum absolute atomic E-state index is 0.485. The van der Waals surface area contributed by atoms with Crippen molar-refractivity contribution in [1.29, 1.82) is 0 Å². The Labute approximate surface area is 126 Å². The minimum atomic E-state index is 0.485. The molecule has 0 spiro atoms. The fraction of sp³-hybridized carbons (Fsp3) is 0.500. The molecule has 1 fully saturated rings. The van der Waals surface area contributed by atoms with Gasteiger partial charge >= 0.3 is 0 Å². The van der Waals surface area contributed by atoms with Crippen LogP contribution in [0.2, 0.25) is 0 Å². The highest BCUT2D eigenvalue weighted by Gasteiger charge is 2.21. The van der Waals surface area contributed by atoms with E-state index in [0.29, 0.717) is 17.1 Å². The number of rotatable bonds is 3. The van der Waals surface area contributed by atoms with Gasteiger partial charge in [-0.15, -0.1) is 0 Å². The molecule has 1 aliphatic rings. The lowest BCUT2D eigenvalue weighted by molar-refractivity contribution is 0.308. The van der Waals surface area contributed by atoms with Crippen molar-refractivity contribution in [2.75, 3.05) is 0 Å². The summed E-state index contributed by atoms with van der Waals surface area (Å²) in [6.45, 7) is 4.36. The molecule has 0 aliphatic heterocycles. The summed E-state index contributed by atoms with van der Waals surface area (Å²) in [4.78, 5) is 0. The number of hydrazone groups is 1. The maximum atomic E-state index is 5.29. The van der Waals surface area contributed by atoms with Crippen LogP contribution in [0.4, 0.5) is 0 Å². The first-order valence-corrected chi connectivity index (χ1v) is 7.72. The molecule has 0 unspecified atom stereocenters. The van der Waals surface area contributed by atoms with Crippen molar-refractivity contribution in [2.24, 2.45) is 11.0 Å². The number of benzene rings is 1. The summed E-state index contributed by atoms with van der Waals surface area (Å²) >= 11 is 5.29. The summed E-state index contributed by atoms with van der Waals surface area (Å²) in [5.74, 6) is 0.685. The van der Waals surface area contributed by atoms with Crippen LogP contribution in [-0.4, -0.2) is 17.4 Å². The van der Waals surface area contributed by atoms with Gasteiger partial charge in [-0.3, -0.25) is 5.43 Å². The molecule has 1 aromatic rings. The van der Waals surface area contributed by atoms with Crippen LogP contribution >= 0.6 is 12.2 Å². The van der Waals surface area contributed by atoms with Gasteiger partial charge in [0.2, 0.25) is 0 Å². The average molecular weight is 289 g/mol. The molecule has 2 N–H and O–H groups in total. The third kappa shape index (κ3) is 4.60. The van der Waals surface area contributed by atoms with Gasteiger partial charge in [0.05, 0.1) is 6.21 Å². The van der Waals surface area contributed by atoms with E-state index in [1.807, 2.05) is 12.1 Å². The molecule has 0 aromatic heterocycles. The Kier molecular flexibility index (Phi) is 5.53. The van der Waals surface area contributed by atoms with E-state index in [9.17, 15) is 0 Å². The number of hydrogen-bond acceptors (Lipinski definition) is 2. The van der Waals surface area contributed by atoms with E-state index < -0.39 is 0 Å². The van der Waals surface area contributed by atoms with Gasteiger partial charge in [0.25, 0.3) is 0 Å². The maximum Gasteiger partial charge on any atom is 0.187 e. The summed E-state index contributed by atoms with van der Waals surface area (Å²) in [5.41, 5.74) is 5.22. The number of nitrogens with zero attached hydrogens (tertiary/aromatic N) is 1. The largest absolute Gasteiger partial charge is 0.358 e. The van der Waals surface area contributed by atoms with E-state index in [4.69, 9.17) is 12.2 Å². The molecule has 1 aliphatic carbocycles. The number of hydrogen-bond donors (Lipinski definition) is 2. The highest BCUT2D eigenvalue weighted by molar-refractivity contribution is 7.80. The van der Waals surface area contributed by atoms with Crippen molar-refractivity contribution >= 4 is 23.5 Å². The predicted molar refractivity (Wildman–Crippen MR) is 89.1 cm³/mol. The van der Waals surface area contributed by atoms with Crippen molar-refractivity contribution in [2.45, 2.75) is 45.6 Å². The second kappa shape index (κ2) is 7.39. The first kappa shape index (κ1) is 15.0. The molecule has 2 atom stereocenters. The molecule has 0 heterocycles. The normalized spacial score (nSPS) is 22.7. The highest BCUT2D eigenvalue weighted by Crippen LogP contribution is 2.23. The van der Waals surface area contributed by atoms with Crippen molar-refractivity contribution in [3.63, 3.8) is 0 Å². The van der Waals surface area contributed by atoms with Crippen LogP contribution in [0, 0.1) is 12.8 Å². The number of aryl methyl sites for hydroxylation is 1. The van der Waals surface area contributed by atoms with Crippen molar-refractivity contribution < 1.29 is 0 Å². The summed E-state index contributed by atoms with van der Waals surface area (Å²) in [5, 5.41) is 8.17. The average Bonchev–Trinajstić information content (AvgIpc) is 2.44. The van der Waals surface area contributed by atoms with Crippen molar-refractivity contribution in [1.82, 2.24) is 10.7 Å². The predicted octanol–water partition coefficient (Wildman–Crippen LogP) is 3.37. The second-order valence-electron chi connectivity index (χ2n) is 5.62. The Balaban J connectivity index is 1.78. The highest BCUT2D eigenvalue weighted by atomic mass is 32.1. The van der Waals surface area contributed by atoms with Gasteiger partial charge in [0.1, 0.15) is 0 Å². The van der Waals surface area contributed by atoms with E-state index in [2.05, 4.69) is 41.8 Å². The van der Waals surface area contributed by atoms with Gasteiger partial charge in [-0.2, -0.15) is 5.10 Å². The van der Waals surface area contributed by atoms with Gasteiger partial charge < -0.3 is 5.32 Å². The summed E-state index contributed by atoms with van der Waals surface area (Å²) < 4.78 is 0. The molecular weight excluding hydrogens is 266 g/mol. The standard InChI is InChI=1S/C16H23N3S/c1-12-7-9-14(10-8-12)11-17-19-16(20)18-15-6-4-3-5-13(15)2/h7-11,13,15H,3-6H2,1-2H3,(H2,18,19,20)/b17-11-/t13-,15-/m0/s1. The van der Waals surface area contributed by atoms with Crippen LogP contribution in [0.25, 0.3) is 0 Å². The molecule has 1 aromatic carbocycles. The molecule has 0 saturated heterocycles. The van der Waals surface area contributed by atoms with E-state index in [1.54, 1.807) is 6.21 Å².